The lowest BCUT2D eigenvalue weighted by atomic mass is 9.85. The molecule has 0 bridgehead atoms. The minimum Gasteiger partial charge on any atom is -0.395 e. The van der Waals surface area contributed by atoms with Crippen molar-refractivity contribution in [2.75, 3.05) is 32.8 Å². The highest BCUT2D eigenvalue weighted by atomic mass is 16.3. The molecule has 1 unspecified atom stereocenters. The van der Waals surface area contributed by atoms with Gasteiger partial charge in [0.1, 0.15) is 0 Å². The normalized spacial score (nSPS) is 15.6. The molecule has 0 aromatic carbocycles. The molecule has 3 nitrogen and oxygen atoms in total. The van der Waals surface area contributed by atoms with Crippen molar-refractivity contribution in [2.45, 2.75) is 40.0 Å². The van der Waals surface area contributed by atoms with Crippen LogP contribution in [0.15, 0.2) is 0 Å². The van der Waals surface area contributed by atoms with Crippen LogP contribution < -0.4 is 5.73 Å². The fourth-order valence-electron chi connectivity index (χ4n) is 2.12. The van der Waals surface area contributed by atoms with E-state index in [0.29, 0.717) is 0 Å². The van der Waals surface area contributed by atoms with E-state index in [1.807, 2.05) is 0 Å². The third-order valence-electron chi connectivity index (χ3n) is 2.91. The van der Waals surface area contributed by atoms with Crippen LogP contribution in [-0.4, -0.2) is 42.8 Å². The molecule has 0 aromatic heterocycles. The highest BCUT2D eigenvalue weighted by molar-refractivity contribution is 4.79. The van der Waals surface area contributed by atoms with Gasteiger partial charge in [0.25, 0.3) is 0 Å². The molecule has 0 radical (unpaired) electrons. The zero-order valence-electron chi connectivity index (χ0n) is 10.6. The van der Waals surface area contributed by atoms with Crippen molar-refractivity contribution in [1.82, 2.24) is 4.90 Å². The molecule has 0 fully saturated rings. The van der Waals surface area contributed by atoms with Gasteiger partial charge >= 0.3 is 0 Å². The van der Waals surface area contributed by atoms with Gasteiger partial charge in [-0.05, 0) is 31.3 Å². The van der Waals surface area contributed by atoms with Crippen molar-refractivity contribution in [2.24, 2.45) is 11.1 Å². The van der Waals surface area contributed by atoms with Gasteiger partial charge in [0.05, 0.1) is 6.61 Å². The molecule has 0 rings (SSSR count). The first-order valence-electron chi connectivity index (χ1n) is 6.15. The number of hydrogen-bond acceptors (Lipinski definition) is 3. The smallest absolute Gasteiger partial charge is 0.0558 e. The Morgan fingerprint density at radius 2 is 1.87 bits per heavy atom. The van der Waals surface area contributed by atoms with E-state index < -0.39 is 0 Å². The van der Waals surface area contributed by atoms with Crippen LogP contribution in [0.25, 0.3) is 0 Å². The van der Waals surface area contributed by atoms with Crippen LogP contribution >= 0.6 is 0 Å². The summed E-state index contributed by atoms with van der Waals surface area (Å²) in [5, 5.41) is 8.99. The number of aliphatic hydroxyl groups is 1. The maximum atomic E-state index is 8.99. The number of nitrogens with two attached hydrogens (primary N) is 1. The molecule has 0 saturated heterocycles. The molecule has 0 heterocycles. The molecular formula is C12H28N2O. The Bertz CT molecular complexity index is 147. The molecule has 92 valence electrons. The minimum atomic E-state index is 0.207. The maximum absolute atomic E-state index is 8.99. The second-order valence-corrected chi connectivity index (χ2v) is 4.76. The Kier molecular flexibility index (Phi) is 8.02. The van der Waals surface area contributed by atoms with Gasteiger partial charge in [0.15, 0.2) is 0 Å². The van der Waals surface area contributed by atoms with E-state index in [-0.39, 0.29) is 12.0 Å². The summed E-state index contributed by atoms with van der Waals surface area (Å²) in [6.07, 6.45) is 3.47. The zero-order chi connectivity index (χ0) is 11.7. The van der Waals surface area contributed by atoms with Gasteiger partial charge in [-0.15, -0.1) is 0 Å². The summed E-state index contributed by atoms with van der Waals surface area (Å²) in [5.74, 6) is 0. The first-order chi connectivity index (χ1) is 7.11. The molecule has 3 heteroatoms. The van der Waals surface area contributed by atoms with Gasteiger partial charge in [-0.2, -0.15) is 0 Å². The highest BCUT2D eigenvalue weighted by Crippen LogP contribution is 2.23. The van der Waals surface area contributed by atoms with Crippen LogP contribution in [0.3, 0.4) is 0 Å². The molecule has 3 N–H and O–H groups in total. The Hall–Kier alpha value is -0.120. The van der Waals surface area contributed by atoms with Gasteiger partial charge < -0.3 is 15.7 Å². The molecule has 0 aliphatic heterocycles. The summed E-state index contributed by atoms with van der Waals surface area (Å²) in [4.78, 5) is 2.32. The van der Waals surface area contributed by atoms with Gasteiger partial charge in [-0.3, -0.25) is 0 Å². The Labute approximate surface area is 94.6 Å². The van der Waals surface area contributed by atoms with Crippen LogP contribution in [0.4, 0.5) is 0 Å². The van der Waals surface area contributed by atoms with Crippen molar-refractivity contribution < 1.29 is 5.11 Å². The number of nitrogens with zero attached hydrogens (tertiary/aromatic N) is 1. The first-order valence-corrected chi connectivity index (χ1v) is 6.15. The molecule has 0 amide bonds. The lowest BCUT2D eigenvalue weighted by Crippen LogP contribution is -2.42. The van der Waals surface area contributed by atoms with Gasteiger partial charge in [0, 0.05) is 13.1 Å². The monoisotopic (exact) mass is 216 g/mol. The summed E-state index contributed by atoms with van der Waals surface area (Å²) in [5.41, 5.74) is 6.05. The molecule has 0 aromatic rings. The quantitative estimate of drug-likeness (QED) is 0.613. The highest BCUT2D eigenvalue weighted by Gasteiger charge is 2.24. The Balaban J connectivity index is 4.19. The van der Waals surface area contributed by atoms with E-state index in [1.54, 1.807) is 0 Å². The largest absolute Gasteiger partial charge is 0.395 e. The van der Waals surface area contributed by atoms with E-state index in [0.717, 1.165) is 39.0 Å². The van der Waals surface area contributed by atoms with Crippen molar-refractivity contribution in [3.63, 3.8) is 0 Å². The molecule has 0 spiro atoms. The number of aliphatic hydroxyl groups excluding tert-OH is 1. The summed E-state index contributed by atoms with van der Waals surface area (Å²) < 4.78 is 0. The van der Waals surface area contributed by atoms with Crippen molar-refractivity contribution in [3.8, 4) is 0 Å². The van der Waals surface area contributed by atoms with E-state index in [9.17, 15) is 0 Å². The van der Waals surface area contributed by atoms with Crippen LogP contribution in [0.2, 0.25) is 0 Å². The maximum Gasteiger partial charge on any atom is 0.0558 e. The number of rotatable bonds is 9. The van der Waals surface area contributed by atoms with Gasteiger partial charge in [0.2, 0.25) is 0 Å². The van der Waals surface area contributed by atoms with Crippen molar-refractivity contribution in [3.05, 3.63) is 0 Å². The van der Waals surface area contributed by atoms with Gasteiger partial charge in [-0.25, -0.2) is 0 Å². The van der Waals surface area contributed by atoms with E-state index in [4.69, 9.17) is 10.8 Å². The Morgan fingerprint density at radius 1 is 1.20 bits per heavy atom. The van der Waals surface area contributed by atoms with Crippen LogP contribution in [0, 0.1) is 5.41 Å². The second-order valence-electron chi connectivity index (χ2n) is 4.76. The summed E-state index contributed by atoms with van der Waals surface area (Å²) in [6, 6.07) is 0. The van der Waals surface area contributed by atoms with Gasteiger partial charge in [-0.1, -0.05) is 27.2 Å². The van der Waals surface area contributed by atoms with Crippen LogP contribution in [0.1, 0.15) is 40.0 Å². The van der Waals surface area contributed by atoms with Crippen LogP contribution in [-0.2, 0) is 0 Å². The summed E-state index contributed by atoms with van der Waals surface area (Å²) in [7, 11) is 0. The standard InChI is InChI=1S/C12H28N2O/c1-4-6-12(3,10-13)11-14(7-5-2)8-9-15/h15H,4-11,13H2,1-3H3. The molecule has 15 heavy (non-hydrogen) atoms. The molecular weight excluding hydrogens is 188 g/mol. The fraction of sp³-hybridized carbons (Fsp3) is 1.00. The first kappa shape index (κ1) is 14.9. The lowest BCUT2D eigenvalue weighted by Gasteiger charge is -2.34. The summed E-state index contributed by atoms with van der Waals surface area (Å²) in [6.45, 7) is 10.4. The molecule has 0 aliphatic rings. The third kappa shape index (κ3) is 6.13. The molecule has 0 saturated carbocycles. The third-order valence-corrected chi connectivity index (χ3v) is 2.91. The van der Waals surface area contributed by atoms with Crippen molar-refractivity contribution >= 4 is 0 Å². The Morgan fingerprint density at radius 3 is 2.27 bits per heavy atom. The zero-order valence-corrected chi connectivity index (χ0v) is 10.6. The minimum absolute atomic E-state index is 0.207. The van der Waals surface area contributed by atoms with Crippen molar-refractivity contribution in [1.29, 1.82) is 0 Å². The molecule has 1 atom stereocenters. The van der Waals surface area contributed by atoms with E-state index >= 15 is 0 Å². The lowest BCUT2D eigenvalue weighted by molar-refractivity contribution is 0.131. The predicted octanol–water partition coefficient (Wildman–Crippen LogP) is 1.46. The van der Waals surface area contributed by atoms with Crippen LogP contribution in [0.5, 0.6) is 0 Å². The summed E-state index contributed by atoms with van der Waals surface area (Å²) >= 11 is 0. The number of hydrogen-bond donors (Lipinski definition) is 2. The second kappa shape index (κ2) is 8.08. The predicted molar refractivity (Wildman–Crippen MR) is 65.9 cm³/mol. The molecule has 0 aliphatic carbocycles. The van der Waals surface area contributed by atoms with E-state index in [2.05, 4.69) is 25.7 Å². The average molecular weight is 216 g/mol. The topological polar surface area (TPSA) is 49.5 Å². The SMILES string of the molecule is CCCN(CCO)CC(C)(CN)CCC. The van der Waals surface area contributed by atoms with E-state index in [1.165, 1.54) is 6.42 Å². The average Bonchev–Trinajstić information content (AvgIpc) is 2.19. The fourth-order valence-corrected chi connectivity index (χ4v) is 2.12.